The SMILES string of the molecule is CC(C)C1CN(C(=O)c2ccc[nH]2)CC1N(C)C. The molecule has 4 heteroatoms. The molecule has 1 aliphatic heterocycles. The highest BCUT2D eigenvalue weighted by molar-refractivity contribution is 5.92. The second-order valence-electron chi connectivity index (χ2n) is 5.73. The van der Waals surface area contributed by atoms with Crippen molar-refractivity contribution in [3.63, 3.8) is 0 Å². The Bertz CT molecular complexity index is 381. The van der Waals surface area contributed by atoms with Gasteiger partial charge in [-0.2, -0.15) is 0 Å². The number of likely N-dealkylation sites (N-methyl/N-ethyl adjacent to an activating group) is 1. The van der Waals surface area contributed by atoms with Crippen LogP contribution in [0.3, 0.4) is 0 Å². The average molecular weight is 249 g/mol. The first-order valence-electron chi connectivity index (χ1n) is 6.59. The summed E-state index contributed by atoms with van der Waals surface area (Å²) >= 11 is 0. The first kappa shape index (κ1) is 13.1. The fraction of sp³-hybridized carbons (Fsp3) is 0.643. The number of aromatic nitrogens is 1. The van der Waals surface area contributed by atoms with E-state index in [2.05, 4.69) is 37.8 Å². The number of amides is 1. The number of rotatable bonds is 3. The first-order chi connectivity index (χ1) is 8.50. The first-order valence-corrected chi connectivity index (χ1v) is 6.59. The highest BCUT2D eigenvalue weighted by atomic mass is 16.2. The van der Waals surface area contributed by atoms with Crippen LogP contribution in [-0.4, -0.2) is 53.9 Å². The highest BCUT2D eigenvalue weighted by Gasteiger charge is 2.38. The summed E-state index contributed by atoms with van der Waals surface area (Å²) in [6, 6.07) is 4.17. The Morgan fingerprint density at radius 2 is 2.17 bits per heavy atom. The fourth-order valence-corrected chi connectivity index (χ4v) is 2.81. The van der Waals surface area contributed by atoms with Crippen molar-refractivity contribution in [2.75, 3.05) is 27.2 Å². The molecule has 18 heavy (non-hydrogen) atoms. The van der Waals surface area contributed by atoms with E-state index in [0.717, 1.165) is 13.1 Å². The lowest BCUT2D eigenvalue weighted by Gasteiger charge is -2.27. The Kier molecular flexibility index (Phi) is 3.76. The lowest BCUT2D eigenvalue weighted by molar-refractivity contribution is 0.0774. The average Bonchev–Trinajstić information content (AvgIpc) is 2.97. The largest absolute Gasteiger partial charge is 0.357 e. The smallest absolute Gasteiger partial charge is 0.270 e. The van der Waals surface area contributed by atoms with Crippen LogP contribution in [0.25, 0.3) is 0 Å². The van der Waals surface area contributed by atoms with Gasteiger partial charge in [0, 0.05) is 25.3 Å². The van der Waals surface area contributed by atoms with Gasteiger partial charge in [0.15, 0.2) is 0 Å². The molecule has 1 N–H and O–H groups in total. The highest BCUT2D eigenvalue weighted by Crippen LogP contribution is 2.27. The van der Waals surface area contributed by atoms with E-state index in [1.165, 1.54) is 0 Å². The minimum atomic E-state index is 0.120. The number of hydrogen-bond acceptors (Lipinski definition) is 2. The Balaban J connectivity index is 2.11. The Morgan fingerprint density at radius 1 is 1.44 bits per heavy atom. The molecule has 0 radical (unpaired) electrons. The van der Waals surface area contributed by atoms with Crippen LogP contribution in [0.5, 0.6) is 0 Å². The molecule has 0 aliphatic carbocycles. The van der Waals surface area contributed by atoms with Crippen LogP contribution in [0.15, 0.2) is 18.3 Å². The van der Waals surface area contributed by atoms with Gasteiger partial charge in [-0.05, 0) is 38.1 Å². The predicted octanol–water partition coefficient (Wildman–Crippen LogP) is 1.67. The molecule has 0 bridgehead atoms. The maximum atomic E-state index is 12.3. The molecule has 4 nitrogen and oxygen atoms in total. The standard InChI is InChI=1S/C14H23N3O/c1-10(2)11-8-17(9-13(11)16(3)4)14(18)12-6-5-7-15-12/h5-7,10-11,13,15H,8-9H2,1-4H3. The van der Waals surface area contributed by atoms with Crippen molar-refractivity contribution in [2.24, 2.45) is 11.8 Å². The number of aromatic amines is 1. The van der Waals surface area contributed by atoms with Crippen LogP contribution in [0.2, 0.25) is 0 Å². The molecule has 1 aromatic rings. The van der Waals surface area contributed by atoms with Gasteiger partial charge >= 0.3 is 0 Å². The molecule has 100 valence electrons. The number of likely N-dealkylation sites (tertiary alicyclic amines) is 1. The molecule has 0 saturated carbocycles. The quantitative estimate of drug-likeness (QED) is 0.885. The Morgan fingerprint density at radius 3 is 2.61 bits per heavy atom. The summed E-state index contributed by atoms with van der Waals surface area (Å²) in [5.41, 5.74) is 0.692. The van der Waals surface area contributed by atoms with Gasteiger partial charge in [-0.1, -0.05) is 13.8 Å². The van der Waals surface area contributed by atoms with Crippen LogP contribution >= 0.6 is 0 Å². The molecule has 2 unspecified atom stereocenters. The summed E-state index contributed by atoms with van der Waals surface area (Å²) in [4.78, 5) is 19.5. The van der Waals surface area contributed by atoms with E-state index in [4.69, 9.17) is 0 Å². The van der Waals surface area contributed by atoms with E-state index in [-0.39, 0.29) is 5.91 Å². The van der Waals surface area contributed by atoms with Crippen molar-refractivity contribution in [3.8, 4) is 0 Å². The summed E-state index contributed by atoms with van der Waals surface area (Å²) in [6.45, 7) is 6.17. The number of H-pyrrole nitrogens is 1. The van der Waals surface area contributed by atoms with E-state index in [1.807, 2.05) is 17.0 Å². The second-order valence-corrected chi connectivity index (χ2v) is 5.73. The molecular weight excluding hydrogens is 226 g/mol. The van der Waals surface area contributed by atoms with E-state index >= 15 is 0 Å². The Hall–Kier alpha value is -1.29. The van der Waals surface area contributed by atoms with Gasteiger partial charge in [0.2, 0.25) is 0 Å². The van der Waals surface area contributed by atoms with Crippen LogP contribution in [0, 0.1) is 11.8 Å². The summed E-state index contributed by atoms with van der Waals surface area (Å²) in [5, 5.41) is 0. The Labute approximate surface area is 109 Å². The van der Waals surface area contributed by atoms with Gasteiger partial charge in [0.05, 0.1) is 0 Å². The van der Waals surface area contributed by atoms with Crippen molar-refractivity contribution in [1.82, 2.24) is 14.8 Å². The maximum Gasteiger partial charge on any atom is 0.270 e. The topological polar surface area (TPSA) is 39.3 Å². The normalized spacial score (nSPS) is 24.2. The third-order valence-corrected chi connectivity index (χ3v) is 3.97. The van der Waals surface area contributed by atoms with Gasteiger partial charge in [0.25, 0.3) is 5.91 Å². The zero-order valence-electron chi connectivity index (χ0n) is 11.7. The van der Waals surface area contributed by atoms with E-state index in [9.17, 15) is 4.79 Å². The second kappa shape index (κ2) is 5.14. The van der Waals surface area contributed by atoms with Crippen LogP contribution in [0.4, 0.5) is 0 Å². The minimum Gasteiger partial charge on any atom is -0.357 e. The molecule has 0 spiro atoms. The lowest BCUT2D eigenvalue weighted by atomic mass is 9.91. The van der Waals surface area contributed by atoms with Gasteiger partial charge < -0.3 is 14.8 Å². The number of carbonyl (C=O) groups excluding carboxylic acids is 1. The van der Waals surface area contributed by atoms with Crippen molar-refractivity contribution in [1.29, 1.82) is 0 Å². The molecule has 0 aromatic carbocycles. The minimum absolute atomic E-state index is 0.120. The number of nitrogens with zero attached hydrogens (tertiary/aromatic N) is 2. The molecule has 2 heterocycles. The van der Waals surface area contributed by atoms with Crippen LogP contribution in [-0.2, 0) is 0 Å². The van der Waals surface area contributed by atoms with E-state index in [0.29, 0.717) is 23.6 Å². The van der Waals surface area contributed by atoms with Crippen LogP contribution < -0.4 is 0 Å². The maximum absolute atomic E-state index is 12.3. The third kappa shape index (κ3) is 2.43. The number of hydrogen-bond donors (Lipinski definition) is 1. The fourth-order valence-electron chi connectivity index (χ4n) is 2.81. The summed E-state index contributed by atoms with van der Waals surface area (Å²) in [6.07, 6.45) is 1.80. The lowest BCUT2D eigenvalue weighted by Crippen LogP contribution is -2.37. The molecule has 1 aliphatic rings. The third-order valence-electron chi connectivity index (χ3n) is 3.97. The summed E-state index contributed by atoms with van der Waals surface area (Å²) < 4.78 is 0. The summed E-state index contributed by atoms with van der Waals surface area (Å²) in [7, 11) is 4.20. The van der Waals surface area contributed by atoms with Gasteiger partial charge in [-0.15, -0.1) is 0 Å². The van der Waals surface area contributed by atoms with Crippen LogP contribution in [0.1, 0.15) is 24.3 Å². The zero-order chi connectivity index (χ0) is 13.3. The van der Waals surface area contributed by atoms with Crippen molar-refractivity contribution in [3.05, 3.63) is 24.0 Å². The number of carbonyl (C=O) groups is 1. The van der Waals surface area contributed by atoms with Crippen molar-refractivity contribution >= 4 is 5.91 Å². The van der Waals surface area contributed by atoms with Gasteiger partial charge in [0.1, 0.15) is 5.69 Å². The molecule has 1 saturated heterocycles. The molecule has 1 fully saturated rings. The number of nitrogens with one attached hydrogen (secondary N) is 1. The van der Waals surface area contributed by atoms with Crippen molar-refractivity contribution in [2.45, 2.75) is 19.9 Å². The van der Waals surface area contributed by atoms with E-state index < -0.39 is 0 Å². The van der Waals surface area contributed by atoms with Gasteiger partial charge in [-0.25, -0.2) is 0 Å². The van der Waals surface area contributed by atoms with Gasteiger partial charge in [-0.3, -0.25) is 4.79 Å². The molecular formula is C14H23N3O. The molecule has 2 atom stereocenters. The molecule has 1 amide bonds. The monoisotopic (exact) mass is 249 g/mol. The molecule has 2 rings (SSSR count). The van der Waals surface area contributed by atoms with Crippen molar-refractivity contribution < 1.29 is 4.79 Å². The summed E-state index contributed by atoms with van der Waals surface area (Å²) in [5.74, 6) is 1.27. The van der Waals surface area contributed by atoms with E-state index in [1.54, 1.807) is 6.20 Å². The molecule has 1 aromatic heterocycles. The zero-order valence-corrected chi connectivity index (χ0v) is 11.7. The predicted molar refractivity (Wildman–Crippen MR) is 72.5 cm³/mol.